The van der Waals surface area contributed by atoms with E-state index in [1.54, 1.807) is 11.3 Å². The van der Waals surface area contributed by atoms with E-state index in [1.807, 2.05) is 11.3 Å². The number of nitrogens with zero attached hydrogens (tertiary/aromatic N) is 2. The predicted molar refractivity (Wildman–Crippen MR) is 125 cm³/mol. The highest BCUT2D eigenvalue weighted by Crippen LogP contribution is 2.44. The second kappa shape index (κ2) is 8.23. The Kier molecular flexibility index (Phi) is 5.46. The Bertz CT molecular complexity index is 1030. The molecule has 0 radical (unpaired) electrons. The minimum Gasteiger partial charge on any atom is -0.338 e. The number of urea groups is 1. The molecule has 0 aromatic carbocycles. The van der Waals surface area contributed by atoms with Crippen LogP contribution in [0.1, 0.15) is 65.7 Å². The van der Waals surface area contributed by atoms with Crippen LogP contribution >= 0.6 is 22.7 Å². The zero-order valence-corrected chi connectivity index (χ0v) is 19.3. The number of hydrogen-bond donors (Lipinski definition) is 1. The summed E-state index contributed by atoms with van der Waals surface area (Å²) >= 11 is 3.68. The molecular formula is C24H29N3OS2. The van der Waals surface area contributed by atoms with E-state index in [4.69, 9.17) is 0 Å². The molecule has 2 amide bonds. The third-order valence-electron chi connectivity index (χ3n) is 6.25. The molecular weight excluding hydrogens is 410 g/mol. The van der Waals surface area contributed by atoms with E-state index in [9.17, 15) is 4.79 Å². The van der Waals surface area contributed by atoms with Crippen LogP contribution in [0, 0.1) is 5.92 Å². The van der Waals surface area contributed by atoms with Crippen molar-refractivity contribution in [1.82, 2.24) is 14.8 Å². The molecule has 1 aliphatic heterocycles. The molecule has 158 valence electrons. The van der Waals surface area contributed by atoms with E-state index in [0.29, 0.717) is 12.5 Å². The van der Waals surface area contributed by atoms with Crippen molar-refractivity contribution in [1.29, 1.82) is 0 Å². The summed E-state index contributed by atoms with van der Waals surface area (Å²) in [7, 11) is 0. The minimum atomic E-state index is -0.0575. The molecule has 4 nitrogen and oxygen atoms in total. The van der Waals surface area contributed by atoms with Gasteiger partial charge in [0.15, 0.2) is 0 Å². The van der Waals surface area contributed by atoms with Gasteiger partial charge in [-0.15, -0.1) is 22.7 Å². The van der Waals surface area contributed by atoms with Crippen LogP contribution in [0.4, 0.5) is 4.79 Å². The van der Waals surface area contributed by atoms with Crippen molar-refractivity contribution < 1.29 is 4.79 Å². The van der Waals surface area contributed by atoms with E-state index >= 15 is 0 Å². The van der Waals surface area contributed by atoms with Crippen LogP contribution in [0.5, 0.6) is 0 Å². The topological polar surface area (TPSA) is 37.3 Å². The molecule has 30 heavy (non-hydrogen) atoms. The van der Waals surface area contributed by atoms with Gasteiger partial charge in [-0.25, -0.2) is 4.79 Å². The predicted octanol–water partition coefficient (Wildman–Crippen LogP) is 6.14. The Morgan fingerprint density at radius 2 is 2.07 bits per heavy atom. The monoisotopic (exact) mass is 439 g/mol. The highest BCUT2D eigenvalue weighted by atomic mass is 32.1. The lowest BCUT2D eigenvalue weighted by Crippen LogP contribution is -2.42. The lowest BCUT2D eigenvalue weighted by molar-refractivity contribution is 0.181. The number of hydrogen-bond acceptors (Lipinski definition) is 3. The minimum absolute atomic E-state index is 0.0467. The quantitative estimate of drug-likeness (QED) is 0.521. The van der Waals surface area contributed by atoms with Crippen LogP contribution in [0.25, 0.3) is 5.00 Å². The summed E-state index contributed by atoms with van der Waals surface area (Å²) < 4.78 is 2.35. The zero-order valence-electron chi connectivity index (χ0n) is 17.7. The summed E-state index contributed by atoms with van der Waals surface area (Å²) in [6.07, 6.45) is 8.03. The molecule has 4 heterocycles. The van der Waals surface area contributed by atoms with Gasteiger partial charge in [0.05, 0.1) is 12.2 Å². The molecule has 3 aromatic heterocycles. The molecule has 2 aliphatic rings. The first kappa shape index (κ1) is 19.9. The molecule has 1 unspecified atom stereocenters. The van der Waals surface area contributed by atoms with Gasteiger partial charge in [-0.05, 0) is 67.2 Å². The molecule has 0 fully saturated rings. The summed E-state index contributed by atoms with van der Waals surface area (Å²) in [4.78, 5) is 18.3. The number of aryl methyl sites for hydroxylation is 1. The third kappa shape index (κ3) is 3.50. The maximum Gasteiger partial charge on any atom is 0.318 e. The Morgan fingerprint density at radius 3 is 2.87 bits per heavy atom. The van der Waals surface area contributed by atoms with Crippen molar-refractivity contribution in [3.05, 3.63) is 62.4 Å². The van der Waals surface area contributed by atoms with Gasteiger partial charge >= 0.3 is 6.03 Å². The highest BCUT2D eigenvalue weighted by molar-refractivity contribution is 7.15. The van der Waals surface area contributed by atoms with Crippen molar-refractivity contribution in [2.45, 2.75) is 58.5 Å². The average molecular weight is 440 g/mol. The maximum absolute atomic E-state index is 13.5. The smallest absolute Gasteiger partial charge is 0.318 e. The molecule has 1 N–H and O–H groups in total. The number of aromatic nitrogens is 1. The van der Waals surface area contributed by atoms with Gasteiger partial charge in [0.1, 0.15) is 11.0 Å². The number of nitrogens with one attached hydrogen (secondary N) is 1. The van der Waals surface area contributed by atoms with Crippen LogP contribution < -0.4 is 5.32 Å². The molecule has 3 aromatic rings. The Morgan fingerprint density at radius 1 is 1.20 bits per heavy atom. The molecule has 0 spiro atoms. The Hall–Kier alpha value is -2.05. The van der Waals surface area contributed by atoms with Crippen LogP contribution in [0.15, 0.2) is 35.8 Å². The van der Waals surface area contributed by atoms with Crippen molar-refractivity contribution in [2.75, 3.05) is 6.54 Å². The Balaban J connectivity index is 1.59. The average Bonchev–Trinajstić information content (AvgIpc) is 3.46. The van der Waals surface area contributed by atoms with Gasteiger partial charge in [0, 0.05) is 28.1 Å². The summed E-state index contributed by atoms with van der Waals surface area (Å²) in [5.74, 6) is 0.579. The first-order valence-corrected chi connectivity index (χ1v) is 12.7. The maximum atomic E-state index is 13.5. The number of fused-ring (bicyclic) bond motifs is 5. The zero-order chi connectivity index (χ0) is 20.7. The van der Waals surface area contributed by atoms with Gasteiger partial charge in [0.2, 0.25) is 0 Å². The molecule has 1 atom stereocenters. The fraction of sp³-hybridized carbons (Fsp3) is 0.458. The number of amides is 2. The van der Waals surface area contributed by atoms with Crippen LogP contribution in [0.2, 0.25) is 0 Å². The number of carbonyl (C=O) groups is 1. The third-order valence-corrected chi connectivity index (χ3v) is 8.51. The van der Waals surface area contributed by atoms with Gasteiger partial charge in [-0.1, -0.05) is 19.9 Å². The highest BCUT2D eigenvalue weighted by Gasteiger charge is 2.36. The molecule has 5 rings (SSSR count). The number of carbonyl (C=O) groups excluding carboxylic acids is 1. The summed E-state index contributed by atoms with van der Waals surface area (Å²) in [5, 5.41) is 6.65. The van der Waals surface area contributed by atoms with E-state index in [1.165, 1.54) is 50.8 Å². The summed E-state index contributed by atoms with van der Waals surface area (Å²) in [5.41, 5.74) is 4.06. The fourth-order valence-electron chi connectivity index (χ4n) is 4.70. The van der Waals surface area contributed by atoms with E-state index in [2.05, 4.69) is 64.5 Å². The normalized spacial score (nSPS) is 18.0. The molecule has 1 aliphatic carbocycles. The largest absolute Gasteiger partial charge is 0.338 e. The molecule has 0 saturated carbocycles. The van der Waals surface area contributed by atoms with Gasteiger partial charge in [0.25, 0.3) is 0 Å². The number of rotatable bonds is 4. The first-order valence-electron chi connectivity index (χ1n) is 11.0. The fourth-order valence-corrected chi connectivity index (χ4v) is 6.95. The van der Waals surface area contributed by atoms with Gasteiger partial charge < -0.3 is 14.8 Å². The van der Waals surface area contributed by atoms with Crippen LogP contribution in [-0.2, 0) is 19.4 Å². The first-order chi connectivity index (χ1) is 14.6. The van der Waals surface area contributed by atoms with Crippen molar-refractivity contribution in [3.63, 3.8) is 0 Å². The van der Waals surface area contributed by atoms with Crippen molar-refractivity contribution in [3.8, 4) is 5.00 Å². The van der Waals surface area contributed by atoms with Crippen molar-refractivity contribution >= 4 is 28.7 Å². The molecule has 0 saturated heterocycles. The lowest BCUT2D eigenvalue weighted by atomic mass is 9.95. The van der Waals surface area contributed by atoms with E-state index < -0.39 is 0 Å². The van der Waals surface area contributed by atoms with Gasteiger partial charge in [-0.2, -0.15) is 0 Å². The SMILES string of the molecule is CC(C)CCNC(=O)N1Cc2c(sc3c2CCCC3)-n2cccc2C1c1cccs1. The van der Waals surface area contributed by atoms with E-state index in [-0.39, 0.29) is 12.1 Å². The van der Waals surface area contributed by atoms with E-state index in [0.717, 1.165) is 19.4 Å². The standard InChI is InChI=1S/C24H29N3OS2/c1-16(2)11-12-25-24(28)27-15-18-17-7-3-4-9-20(17)30-23(18)26-13-5-8-19(26)22(27)21-10-6-14-29-21/h5-6,8,10,13-14,16,22H,3-4,7,9,11-12,15H2,1-2H3,(H,25,28). The number of thiophene rings is 2. The molecule has 0 bridgehead atoms. The Labute approximate surface area is 186 Å². The second-order valence-corrected chi connectivity index (χ2v) is 10.8. The second-order valence-electron chi connectivity index (χ2n) is 8.76. The van der Waals surface area contributed by atoms with Gasteiger partial charge in [-0.3, -0.25) is 0 Å². The van der Waals surface area contributed by atoms with Crippen LogP contribution in [0.3, 0.4) is 0 Å². The summed E-state index contributed by atoms with van der Waals surface area (Å²) in [6.45, 7) is 5.80. The summed E-state index contributed by atoms with van der Waals surface area (Å²) in [6, 6.07) is 8.55. The lowest BCUT2D eigenvalue weighted by Gasteiger charge is -2.30. The van der Waals surface area contributed by atoms with Crippen molar-refractivity contribution in [2.24, 2.45) is 5.92 Å². The molecule has 6 heteroatoms. The van der Waals surface area contributed by atoms with Crippen LogP contribution in [-0.4, -0.2) is 22.0 Å².